The third-order valence-electron chi connectivity index (χ3n) is 3.07. The van der Waals surface area contributed by atoms with Crippen LogP contribution in [0.15, 0.2) is 24.3 Å². The third-order valence-corrected chi connectivity index (χ3v) is 3.07. The van der Waals surface area contributed by atoms with Crippen LogP contribution in [0.4, 0.5) is 13.2 Å². The first-order valence-corrected chi connectivity index (χ1v) is 5.14. The summed E-state index contributed by atoms with van der Waals surface area (Å²) < 4.78 is 38.0. The second-order valence-corrected chi connectivity index (χ2v) is 4.15. The fraction of sp³-hybridized carbons (Fsp3) is 0.417. The Balaban J connectivity index is 2.25. The molecule has 1 aliphatic rings. The van der Waals surface area contributed by atoms with Crippen molar-refractivity contribution in [3.63, 3.8) is 0 Å². The number of carbonyl (C=O) groups excluding carboxylic acids is 1. The molecular weight excluding hydrogens is 217 g/mol. The maximum Gasteiger partial charge on any atom is 0.416 e. The molecule has 0 amide bonds. The molecule has 16 heavy (non-hydrogen) atoms. The molecule has 4 heteroatoms. The lowest BCUT2D eigenvalue weighted by Gasteiger charge is -2.33. The predicted molar refractivity (Wildman–Crippen MR) is 53.0 cm³/mol. The number of rotatable bonds is 2. The van der Waals surface area contributed by atoms with E-state index in [-0.39, 0.29) is 11.8 Å². The van der Waals surface area contributed by atoms with E-state index in [9.17, 15) is 18.0 Å². The Kier molecular flexibility index (Phi) is 2.74. The Labute approximate surface area is 91.3 Å². The highest BCUT2D eigenvalue weighted by molar-refractivity contribution is 5.56. The van der Waals surface area contributed by atoms with Crippen LogP contribution in [0, 0.1) is 5.92 Å². The van der Waals surface area contributed by atoms with Gasteiger partial charge in [0.2, 0.25) is 0 Å². The number of carbonyl (C=O) groups is 1. The highest BCUT2D eigenvalue weighted by Crippen LogP contribution is 2.45. The van der Waals surface area contributed by atoms with Gasteiger partial charge in [0.1, 0.15) is 6.29 Å². The molecule has 0 heterocycles. The van der Waals surface area contributed by atoms with E-state index in [1.807, 2.05) is 0 Å². The van der Waals surface area contributed by atoms with E-state index in [0.717, 1.165) is 12.4 Å². The van der Waals surface area contributed by atoms with Gasteiger partial charge in [0.05, 0.1) is 5.56 Å². The van der Waals surface area contributed by atoms with Crippen LogP contribution in [0.5, 0.6) is 0 Å². The van der Waals surface area contributed by atoms with Crippen molar-refractivity contribution < 1.29 is 18.0 Å². The van der Waals surface area contributed by atoms with Crippen LogP contribution in [-0.2, 0) is 11.0 Å². The number of benzene rings is 1. The quantitative estimate of drug-likeness (QED) is 0.709. The summed E-state index contributed by atoms with van der Waals surface area (Å²) in [6.07, 6.45) is -2.40. The average Bonchev–Trinajstić information content (AvgIpc) is 2.15. The van der Waals surface area contributed by atoms with Crippen LogP contribution in [0.1, 0.15) is 29.9 Å². The Morgan fingerprint density at radius 2 is 1.81 bits per heavy atom. The molecular formula is C12H11F3O. The maximum absolute atomic E-state index is 12.7. The van der Waals surface area contributed by atoms with Crippen molar-refractivity contribution in [2.24, 2.45) is 5.92 Å². The summed E-state index contributed by atoms with van der Waals surface area (Å²) in [7, 11) is 0. The van der Waals surface area contributed by atoms with Gasteiger partial charge in [0, 0.05) is 5.92 Å². The molecule has 1 fully saturated rings. The molecule has 0 radical (unpaired) electrons. The lowest BCUT2D eigenvalue weighted by molar-refractivity contribution is -0.138. The van der Waals surface area contributed by atoms with Gasteiger partial charge in [-0.2, -0.15) is 13.2 Å². The van der Waals surface area contributed by atoms with Crippen molar-refractivity contribution in [3.8, 4) is 0 Å². The number of alkyl halides is 3. The Morgan fingerprint density at radius 1 is 1.19 bits per heavy atom. The van der Waals surface area contributed by atoms with Crippen molar-refractivity contribution in [2.75, 3.05) is 0 Å². The lowest BCUT2D eigenvalue weighted by Crippen LogP contribution is -2.25. The minimum absolute atomic E-state index is 0.0636. The van der Waals surface area contributed by atoms with Gasteiger partial charge in [0.25, 0.3) is 0 Å². The number of hydrogen-bond acceptors (Lipinski definition) is 1. The predicted octanol–water partition coefficient (Wildman–Crippen LogP) is 3.40. The van der Waals surface area contributed by atoms with Crippen LogP contribution < -0.4 is 0 Å². The molecule has 0 N–H and O–H groups in total. The van der Waals surface area contributed by atoms with E-state index < -0.39 is 11.7 Å². The molecule has 0 aliphatic heterocycles. The SMILES string of the molecule is O=CC1CC(c2ccccc2C(F)(F)F)C1. The molecule has 2 rings (SSSR count). The standard InChI is InChI=1S/C12H11F3O/c13-12(14,15)11-4-2-1-3-10(11)9-5-8(6-9)7-16/h1-4,7-9H,5-6H2. The van der Waals surface area contributed by atoms with Gasteiger partial charge in [-0.3, -0.25) is 0 Å². The second kappa shape index (κ2) is 3.92. The van der Waals surface area contributed by atoms with Gasteiger partial charge in [-0.05, 0) is 30.4 Å². The molecule has 86 valence electrons. The Morgan fingerprint density at radius 3 is 2.38 bits per heavy atom. The van der Waals surface area contributed by atoms with E-state index in [1.165, 1.54) is 12.1 Å². The van der Waals surface area contributed by atoms with Gasteiger partial charge in [0.15, 0.2) is 0 Å². The molecule has 1 aromatic carbocycles. The molecule has 1 saturated carbocycles. The van der Waals surface area contributed by atoms with Crippen molar-refractivity contribution in [3.05, 3.63) is 35.4 Å². The normalized spacial score (nSPS) is 24.9. The second-order valence-electron chi connectivity index (χ2n) is 4.15. The zero-order valence-corrected chi connectivity index (χ0v) is 8.50. The van der Waals surface area contributed by atoms with Crippen LogP contribution >= 0.6 is 0 Å². The monoisotopic (exact) mass is 228 g/mol. The summed E-state index contributed by atoms with van der Waals surface area (Å²) in [5.74, 6) is -0.181. The molecule has 0 aromatic heterocycles. The highest BCUT2D eigenvalue weighted by Gasteiger charge is 2.38. The first-order valence-electron chi connectivity index (χ1n) is 5.14. The zero-order valence-electron chi connectivity index (χ0n) is 8.50. The number of hydrogen-bond donors (Lipinski definition) is 0. The van der Waals surface area contributed by atoms with E-state index in [1.54, 1.807) is 6.07 Å². The van der Waals surface area contributed by atoms with Crippen LogP contribution in [-0.4, -0.2) is 6.29 Å². The summed E-state index contributed by atoms with van der Waals surface area (Å²) in [5, 5.41) is 0. The molecule has 1 aromatic rings. The zero-order chi connectivity index (χ0) is 11.8. The Hall–Kier alpha value is -1.32. The fourth-order valence-electron chi connectivity index (χ4n) is 2.14. The summed E-state index contributed by atoms with van der Waals surface area (Å²) in [6, 6.07) is 5.61. The fourth-order valence-corrected chi connectivity index (χ4v) is 2.14. The van der Waals surface area contributed by atoms with Crippen LogP contribution in [0.2, 0.25) is 0 Å². The Bertz CT molecular complexity index is 391. The van der Waals surface area contributed by atoms with Crippen molar-refractivity contribution in [1.82, 2.24) is 0 Å². The molecule has 0 atom stereocenters. The molecule has 0 saturated heterocycles. The molecule has 0 bridgehead atoms. The third kappa shape index (κ3) is 1.96. The molecule has 1 nitrogen and oxygen atoms in total. The topological polar surface area (TPSA) is 17.1 Å². The van der Waals surface area contributed by atoms with E-state index in [2.05, 4.69) is 0 Å². The van der Waals surface area contributed by atoms with Gasteiger partial charge < -0.3 is 4.79 Å². The minimum atomic E-state index is -4.30. The summed E-state index contributed by atoms with van der Waals surface area (Å²) in [6.45, 7) is 0. The van der Waals surface area contributed by atoms with Gasteiger partial charge >= 0.3 is 6.18 Å². The lowest BCUT2D eigenvalue weighted by atomic mass is 9.71. The summed E-state index contributed by atoms with van der Waals surface area (Å²) in [5.41, 5.74) is -0.238. The van der Waals surface area contributed by atoms with Gasteiger partial charge in [-0.15, -0.1) is 0 Å². The molecule has 0 unspecified atom stereocenters. The van der Waals surface area contributed by atoms with E-state index in [4.69, 9.17) is 0 Å². The number of aldehydes is 1. The van der Waals surface area contributed by atoms with Gasteiger partial charge in [-0.1, -0.05) is 18.2 Å². The van der Waals surface area contributed by atoms with Crippen molar-refractivity contribution >= 4 is 6.29 Å². The molecule has 1 aliphatic carbocycles. The van der Waals surface area contributed by atoms with Gasteiger partial charge in [-0.25, -0.2) is 0 Å². The summed E-state index contributed by atoms with van der Waals surface area (Å²) in [4.78, 5) is 10.4. The molecule has 0 spiro atoms. The van der Waals surface area contributed by atoms with E-state index >= 15 is 0 Å². The summed E-state index contributed by atoms with van der Waals surface area (Å²) >= 11 is 0. The average molecular weight is 228 g/mol. The minimum Gasteiger partial charge on any atom is -0.303 e. The smallest absolute Gasteiger partial charge is 0.303 e. The van der Waals surface area contributed by atoms with E-state index in [0.29, 0.717) is 18.4 Å². The highest BCUT2D eigenvalue weighted by atomic mass is 19.4. The maximum atomic E-state index is 12.7. The van der Waals surface area contributed by atoms with Crippen molar-refractivity contribution in [1.29, 1.82) is 0 Å². The van der Waals surface area contributed by atoms with Crippen molar-refractivity contribution in [2.45, 2.75) is 24.9 Å². The largest absolute Gasteiger partial charge is 0.416 e. The first kappa shape index (κ1) is 11.2. The van der Waals surface area contributed by atoms with Crippen LogP contribution in [0.25, 0.3) is 0 Å². The number of halogens is 3. The first-order chi connectivity index (χ1) is 7.52. The van der Waals surface area contributed by atoms with Crippen LogP contribution in [0.3, 0.4) is 0 Å².